The average Bonchev–Trinajstić information content (AvgIpc) is 3.02. The number of Topliss-reactive ketones (excluding diaryl/α,β-unsaturated/α-hetero) is 2. The van der Waals surface area contributed by atoms with Crippen LogP contribution in [0.2, 0.25) is 0 Å². The van der Waals surface area contributed by atoms with Gasteiger partial charge in [0.15, 0.2) is 11.6 Å². The van der Waals surface area contributed by atoms with Gasteiger partial charge in [-0.2, -0.15) is 0 Å². The monoisotopic (exact) mass is 612 g/mol. The van der Waals surface area contributed by atoms with Crippen molar-refractivity contribution < 1.29 is 9.59 Å². The van der Waals surface area contributed by atoms with Gasteiger partial charge in [-0.15, -0.1) is 11.3 Å². The van der Waals surface area contributed by atoms with Crippen molar-refractivity contribution in [1.29, 1.82) is 0 Å². The minimum atomic E-state index is -0.390. The first-order valence-electron chi connectivity index (χ1n) is 7.58. The highest BCUT2D eigenvalue weighted by Gasteiger charge is 2.19. The van der Waals surface area contributed by atoms with E-state index in [1.165, 1.54) is 11.3 Å². The lowest BCUT2D eigenvalue weighted by atomic mass is 9.94. The number of hydrogen-bond donors (Lipinski definition) is 0. The van der Waals surface area contributed by atoms with Crippen LogP contribution in [-0.4, -0.2) is 19.0 Å². The van der Waals surface area contributed by atoms with Crippen LogP contribution in [0.5, 0.6) is 0 Å². The first kappa shape index (κ1) is 21.5. The van der Waals surface area contributed by atoms with Gasteiger partial charge in [-0.05, 0) is 41.7 Å². The van der Waals surface area contributed by atoms with Gasteiger partial charge in [0.2, 0.25) is 0 Å². The Morgan fingerprint density at radius 3 is 2.16 bits per heavy atom. The Bertz CT molecular complexity index is 781. The molecular weight excluding hydrogens is 600 g/mol. The van der Waals surface area contributed by atoms with Crippen LogP contribution in [0.25, 0.3) is 10.4 Å². The second kappa shape index (κ2) is 9.40. The molecule has 0 radical (unpaired) electrons. The Morgan fingerprint density at radius 2 is 1.60 bits per heavy atom. The summed E-state index contributed by atoms with van der Waals surface area (Å²) in [5.41, 5.74) is 2.87. The van der Waals surface area contributed by atoms with Crippen molar-refractivity contribution in [2.75, 3.05) is 0 Å². The van der Waals surface area contributed by atoms with Crippen LogP contribution < -0.4 is 0 Å². The molecule has 0 saturated carbocycles. The Kier molecular flexibility index (Phi) is 8.08. The molecule has 0 atom stereocenters. The van der Waals surface area contributed by atoms with E-state index >= 15 is 0 Å². The molecule has 134 valence electrons. The number of carbonyl (C=O) groups is 2. The Morgan fingerprint density at radius 1 is 0.960 bits per heavy atom. The van der Waals surface area contributed by atoms with E-state index in [-0.39, 0.29) is 15.3 Å². The molecule has 25 heavy (non-hydrogen) atoms. The molecule has 0 amide bonds. The van der Waals surface area contributed by atoms with E-state index in [0.717, 1.165) is 22.4 Å². The summed E-state index contributed by atoms with van der Waals surface area (Å²) in [5.74, 6) is 0.471. The van der Waals surface area contributed by atoms with Gasteiger partial charge in [0, 0.05) is 10.4 Å². The van der Waals surface area contributed by atoms with Crippen LogP contribution in [0.15, 0.2) is 30.3 Å². The van der Waals surface area contributed by atoms with Crippen molar-refractivity contribution in [3.63, 3.8) is 0 Å². The molecule has 2 aromatic rings. The van der Waals surface area contributed by atoms with Gasteiger partial charge in [0.25, 0.3) is 0 Å². The van der Waals surface area contributed by atoms with Gasteiger partial charge in [-0.25, -0.2) is 0 Å². The largest absolute Gasteiger partial charge is 0.292 e. The molecular formula is C18H16Br4O2S. The van der Waals surface area contributed by atoms with Gasteiger partial charge in [-0.3, -0.25) is 9.59 Å². The van der Waals surface area contributed by atoms with E-state index in [1.54, 1.807) is 0 Å². The number of benzene rings is 1. The Labute approximate surface area is 185 Å². The second-order valence-corrected chi connectivity index (χ2v) is 13.2. The van der Waals surface area contributed by atoms with Crippen LogP contribution >= 0.6 is 75.1 Å². The molecule has 1 heterocycles. The van der Waals surface area contributed by atoms with Crippen molar-refractivity contribution in [1.82, 2.24) is 0 Å². The maximum absolute atomic E-state index is 12.3. The third-order valence-corrected chi connectivity index (χ3v) is 6.33. The minimum Gasteiger partial charge on any atom is -0.292 e. The SMILES string of the molecule is CC(C)Cc1cc(C(=O)C(Br)Br)ccc1-c1ccc(C(=O)C(Br)Br)s1. The highest BCUT2D eigenvalue weighted by atomic mass is 79.9. The molecule has 2 nitrogen and oxygen atoms in total. The summed E-state index contributed by atoms with van der Waals surface area (Å²) < 4.78 is -0.769. The zero-order chi connectivity index (χ0) is 18.7. The molecule has 0 unspecified atom stereocenters. The summed E-state index contributed by atoms with van der Waals surface area (Å²) in [6.07, 6.45) is 0.867. The maximum Gasteiger partial charge on any atom is 0.197 e. The molecule has 2 rings (SSSR count). The summed E-state index contributed by atoms with van der Waals surface area (Å²) in [6.45, 7) is 4.30. The zero-order valence-corrected chi connectivity index (χ0v) is 20.7. The third-order valence-electron chi connectivity index (χ3n) is 3.53. The topological polar surface area (TPSA) is 34.1 Å². The van der Waals surface area contributed by atoms with Crippen molar-refractivity contribution >= 4 is 86.6 Å². The standard InChI is InChI=1S/C18H16Br4O2S/c1-9(2)7-11-8-10(15(23)17(19)20)3-4-12(11)13-5-6-14(25-13)16(24)18(21)22/h3-6,8-9,17-18H,7H2,1-2H3. The fourth-order valence-electron chi connectivity index (χ4n) is 2.44. The second-order valence-electron chi connectivity index (χ2n) is 5.96. The van der Waals surface area contributed by atoms with Crippen LogP contribution in [0, 0.1) is 5.92 Å². The van der Waals surface area contributed by atoms with E-state index in [1.807, 2.05) is 30.3 Å². The molecule has 0 spiro atoms. The van der Waals surface area contributed by atoms with Gasteiger partial charge in [-0.1, -0.05) is 89.7 Å². The lowest BCUT2D eigenvalue weighted by Crippen LogP contribution is -2.08. The molecule has 7 heteroatoms. The summed E-state index contributed by atoms with van der Waals surface area (Å²) in [4.78, 5) is 26.1. The van der Waals surface area contributed by atoms with E-state index < -0.39 is 3.74 Å². The number of carbonyl (C=O) groups excluding carboxylic acids is 2. The lowest BCUT2D eigenvalue weighted by Gasteiger charge is -2.13. The first-order valence-corrected chi connectivity index (χ1v) is 12.1. The highest BCUT2D eigenvalue weighted by Crippen LogP contribution is 2.34. The molecule has 0 aliphatic heterocycles. The summed E-state index contributed by atoms with van der Waals surface area (Å²) in [6, 6.07) is 9.61. The van der Waals surface area contributed by atoms with E-state index in [9.17, 15) is 9.59 Å². The molecule has 0 fully saturated rings. The number of thiophene rings is 1. The van der Waals surface area contributed by atoms with Gasteiger partial charge < -0.3 is 0 Å². The first-order chi connectivity index (χ1) is 11.7. The predicted molar refractivity (Wildman–Crippen MR) is 120 cm³/mol. The lowest BCUT2D eigenvalue weighted by molar-refractivity contribution is 0.101. The normalized spacial score (nSPS) is 11.6. The van der Waals surface area contributed by atoms with Crippen molar-refractivity contribution in [3.8, 4) is 10.4 Å². The predicted octanol–water partition coefficient (Wildman–Crippen LogP) is 7.21. The number of halogens is 4. The van der Waals surface area contributed by atoms with Gasteiger partial charge in [0.05, 0.1) is 4.88 Å². The van der Waals surface area contributed by atoms with Gasteiger partial charge in [0.1, 0.15) is 7.47 Å². The third kappa shape index (κ3) is 5.58. The zero-order valence-electron chi connectivity index (χ0n) is 13.6. The smallest absolute Gasteiger partial charge is 0.197 e. The van der Waals surface area contributed by atoms with Crippen molar-refractivity contribution in [3.05, 3.63) is 46.3 Å². The minimum absolute atomic E-state index is 0.0000203. The quantitative estimate of drug-likeness (QED) is 0.244. The average molecular weight is 616 g/mol. The summed E-state index contributed by atoms with van der Waals surface area (Å²) >= 11 is 14.5. The maximum atomic E-state index is 12.3. The molecule has 1 aromatic heterocycles. The fraction of sp³-hybridized carbons (Fsp3) is 0.333. The fourth-order valence-corrected chi connectivity index (χ4v) is 4.81. The molecule has 0 saturated heterocycles. The Hall–Kier alpha value is 0.180. The summed E-state index contributed by atoms with van der Waals surface area (Å²) in [7, 11) is 0. The molecule has 0 aliphatic carbocycles. The number of rotatable bonds is 7. The number of hydrogen-bond acceptors (Lipinski definition) is 3. The van der Waals surface area contributed by atoms with E-state index in [2.05, 4.69) is 77.6 Å². The van der Waals surface area contributed by atoms with E-state index in [4.69, 9.17) is 0 Å². The van der Waals surface area contributed by atoms with Crippen molar-refractivity contribution in [2.24, 2.45) is 5.92 Å². The summed E-state index contributed by atoms with van der Waals surface area (Å²) in [5, 5.41) is 0. The van der Waals surface area contributed by atoms with E-state index in [0.29, 0.717) is 16.4 Å². The number of alkyl halides is 4. The van der Waals surface area contributed by atoms with Crippen LogP contribution in [-0.2, 0) is 6.42 Å². The molecule has 0 bridgehead atoms. The molecule has 0 aliphatic rings. The van der Waals surface area contributed by atoms with Crippen molar-refractivity contribution in [2.45, 2.75) is 27.7 Å². The number of ketones is 2. The Balaban J connectivity index is 2.46. The van der Waals surface area contributed by atoms with Crippen LogP contribution in [0.4, 0.5) is 0 Å². The molecule has 1 aromatic carbocycles. The highest BCUT2D eigenvalue weighted by molar-refractivity contribution is 9.25. The van der Waals surface area contributed by atoms with Crippen LogP contribution in [0.1, 0.15) is 39.4 Å². The van der Waals surface area contributed by atoms with Crippen LogP contribution in [0.3, 0.4) is 0 Å². The molecule has 0 N–H and O–H groups in total. The van der Waals surface area contributed by atoms with Gasteiger partial charge >= 0.3 is 0 Å².